The van der Waals surface area contributed by atoms with Crippen LogP contribution in [0.3, 0.4) is 0 Å². The van der Waals surface area contributed by atoms with Crippen LogP contribution in [-0.4, -0.2) is 38.0 Å². The molecule has 0 spiro atoms. The summed E-state index contributed by atoms with van der Waals surface area (Å²) < 4.78 is 5.50. The van der Waals surface area contributed by atoms with E-state index < -0.39 is 0 Å². The molecule has 0 aromatic carbocycles. The minimum Gasteiger partial charge on any atom is -0.389 e. The van der Waals surface area contributed by atoms with E-state index in [0.29, 0.717) is 13.2 Å². The quantitative estimate of drug-likeness (QED) is 0.677. The van der Waals surface area contributed by atoms with Crippen molar-refractivity contribution in [3.05, 3.63) is 0 Å². The Morgan fingerprint density at radius 3 is 2.71 bits per heavy atom. The van der Waals surface area contributed by atoms with Crippen molar-refractivity contribution in [2.75, 3.05) is 26.8 Å². The van der Waals surface area contributed by atoms with Crippen molar-refractivity contribution < 1.29 is 9.84 Å². The smallest absolute Gasteiger partial charge is 0.0897 e. The maximum absolute atomic E-state index is 9.39. The Hall–Kier alpha value is -0.120. The Labute approximate surface area is 86.8 Å². The lowest BCUT2D eigenvalue weighted by Gasteiger charge is -2.22. The average Bonchev–Trinajstić information content (AvgIpc) is 2.20. The van der Waals surface area contributed by atoms with Crippen molar-refractivity contribution in [1.82, 2.24) is 5.32 Å². The zero-order valence-electron chi connectivity index (χ0n) is 9.17. The van der Waals surface area contributed by atoms with Gasteiger partial charge in [0.25, 0.3) is 0 Å². The van der Waals surface area contributed by atoms with Crippen molar-refractivity contribution in [3.63, 3.8) is 0 Å². The molecule has 1 saturated carbocycles. The molecule has 0 aromatic heterocycles. The molecule has 84 valence electrons. The zero-order chi connectivity index (χ0) is 10.2. The van der Waals surface area contributed by atoms with Gasteiger partial charge in [0.1, 0.15) is 0 Å². The molecule has 1 atom stereocenters. The first-order valence-electron chi connectivity index (χ1n) is 5.73. The van der Waals surface area contributed by atoms with E-state index in [9.17, 15) is 5.11 Å². The lowest BCUT2D eigenvalue weighted by atomic mass is 9.90. The number of hydrogen-bond donors (Lipinski definition) is 2. The molecule has 0 aliphatic heterocycles. The van der Waals surface area contributed by atoms with Crippen LogP contribution in [0.2, 0.25) is 0 Å². The van der Waals surface area contributed by atoms with Gasteiger partial charge in [0.15, 0.2) is 0 Å². The molecule has 0 amide bonds. The third-order valence-corrected chi connectivity index (χ3v) is 2.83. The van der Waals surface area contributed by atoms with E-state index in [4.69, 9.17) is 4.74 Å². The monoisotopic (exact) mass is 201 g/mol. The highest BCUT2D eigenvalue weighted by molar-refractivity contribution is 4.65. The number of ether oxygens (including phenoxy) is 1. The third-order valence-electron chi connectivity index (χ3n) is 2.83. The van der Waals surface area contributed by atoms with E-state index in [1.54, 1.807) is 0 Å². The van der Waals surface area contributed by atoms with Crippen LogP contribution in [0.25, 0.3) is 0 Å². The summed E-state index contributed by atoms with van der Waals surface area (Å²) in [5, 5.41) is 12.3. The second-order valence-corrected chi connectivity index (χ2v) is 4.25. The summed E-state index contributed by atoms with van der Waals surface area (Å²) in [6.45, 7) is 1.92. The van der Waals surface area contributed by atoms with Gasteiger partial charge in [-0.3, -0.25) is 0 Å². The first-order chi connectivity index (χ1) is 6.83. The summed E-state index contributed by atoms with van der Waals surface area (Å²) in [5.74, 6) is 0.741. The normalized spacial score (nSPS) is 21.0. The number of rotatable bonds is 6. The molecule has 1 unspecified atom stereocenters. The zero-order valence-corrected chi connectivity index (χ0v) is 9.17. The molecule has 0 radical (unpaired) electrons. The number of likely N-dealkylation sites (N-methyl/N-ethyl adjacent to an activating group) is 1. The SMILES string of the molecule is CNCC(O)COCC1CCCCC1. The van der Waals surface area contributed by atoms with Crippen LogP contribution >= 0.6 is 0 Å². The lowest BCUT2D eigenvalue weighted by Crippen LogP contribution is -2.29. The summed E-state index contributed by atoms with van der Waals surface area (Å²) in [5.41, 5.74) is 0. The maximum Gasteiger partial charge on any atom is 0.0897 e. The van der Waals surface area contributed by atoms with Crippen molar-refractivity contribution in [2.24, 2.45) is 5.92 Å². The predicted octanol–water partition coefficient (Wildman–Crippen LogP) is 1.16. The molecular weight excluding hydrogens is 178 g/mol. The molecule has 0 bridgehead atoms. The Morgan fingerprint density at radius 1 is 1.36 bits per heavy atom. The third kappa shape index (κ3) is 4.94. The largest absolute Gasteiger partial charge is 0.389 e. The summed E-state index contributed by atoms with van der Waals surface area (Å²) >= 11 is 0. The predicted molar refractivity (Wildman–Crippen MR) is 57.3 cm³/mol. The van der Waals surface area contributed by atoms with Crippen LogP contribution in [-0.2, 0) is 4.74 Å². The van der Waals surface area contributed by atoms with Crippen LogP contribution in [0, 0.1) is 5.92 Å². The highest BCUT2D eigenvalue weighted by atomic mass is 16.5. The van der Waals surface area contributed by atoms with Crippen molar-refractivity contribution >= 4 is 0 Å². The molecule has 3 nitrogen and oxygen atoms in total. The van der Waals surface area contributed by atoms with Crippen molar-refractivity contribution in [2.45, 2.75) is 38.2 Å². The van der Waals surface area contributed by atoms with Gasteiger partial charge in [0.05, 0.1) is 12.7 Å². The van der Waals surface area contributed by atoms with Gasteiger partial charge in [-0.15, -0.1) is 0 Å². The molecule has 1 fully saturated rings. The number of aliphatic hydroxyl groups excluding tert-OH is 1. The molecule has 1 aliphatic carbocycles. The number of hydrogen-bond acceptors (Lipinski definition) is 3. The van der Waals surface area contributed by atoms with E-state index in [1.165, 1.54) is 32.1 Å². The van der Waals surface area contributed by atoms with E-state index in [2.05, 4.69) is 5.32 Å². The lowest BCUT2D eigenvalue weighted by molar-refractivity contribution is 0.0166. The molecule has 1 rings (SSSR count). The second-order valence-electron chi connectivity index (χ2n) is 4.25. The van der Waals surface area contributed by atoms with Gasteiger partial charge in [-0.25, -0.2) is 0 Å². The first kappa shape index (κ1) is 12.0. The Bertz CT molecular complexity index is 135. The van der Waals surface area contributed by atoms with Gasteiger partial charge < -0.3 is 15.2 Å². The van der Waals surface area contributed by atoms with Gasteiger partial charge in [0, 0.05) is 13.2 Å². The fourth-order valence-corrected chi connectivity index (χ4v) is 2.02. The number of aliphatic hydroxyl groups is 1. The van der Waals surface area contributed by atoms with Gasteiger partial charge >= 0.3 is 0 Å². The van der Waals surface area contributed by atoms with Gasteiger partial charge in [0.2, 0.25) is 0 Å². The van der Waals surface area contributed by atoms with Crippen LogP contribution in [0.1, 0.15) is 32.1 Å². The van der Waals surface area contributed by atoms with Crippen LogP contribution < -0.4 is 5.32 Å². The van der Waals surface area contributed by atoms with E-state index in [-0.39, 0.29) is 6.10 Å². The van der Waals surface area contributed by atoms with E-state index in [1.807, 2.05) is 7.05 Å². The maximum atomic E-state index is 9.39. The summed E-state index contributed by atoms with van der Waals surface area (Å²) in [6, 6.07) is 0. The molecule has 0 aromatic rings. The molecule has 1 aliphatic rings. The molecule has 14 heavy (non-hydrogen) atoms. The van der Waals surface area contributed by atoms with E-state index in [0.717, 1.165) is 12.5 Å². The van der Waals surface area contributed by atoms with Crippen LogP contribution in [0.15, 0.2) is 0 Å². The molecule has 0 saturated heterocycles. The Kier molecular flexibility index (Phi) is 6.15. The van der Waals surface area contributed by atoms with Crippen LogP contribution in [0.5, 0.6) is 0 Å². The number of nitrogens with one attached hydrogen (secondary N) is 1. The molecular formula is C11H23NO2. The Morgan fingerprint density at radius 2 is 2.07 bits per heavy atom. The average molecular weight is 201 g/mol. The van der Waals surface area contributed by atoms with Crippen molar-refractivity contribution in [3.8, 4) is 0 Å². The highest BCUT2D eigenvalue weighted by Gasteiger charge is 2.13. The fraction of sp³-hybridized carbons (Fsp3) is 1.00. The topological polar surface area (TPSA) is 41.5 Å². The molecule has 3 heteroatoms. The second kappa shape index (κ2) is 7.21. The Balaban J connectivity index is 1.96. The first-order valence-corrected chi connectivity index (χ1v) is 5.73. The van der Waals surface area contributed by atoms with Gasteiger partial charge in [-0.2, -0.15) is 0 Å². The van der Waals surface area contributed by atoms with Crippen LogP contribution in [0.4, 0.5) is 0 Å². The van der Waals surface area contributed by atoms with E-state index >= 15 is 0 Å². The molecule has 2 N–H and O–H groups in total. The fourth-order valence-electron chi connectivity index (χ4n) is 2.02. The summed E-state index contributed by atoms with van der Waals surface area (Å²) in [6.07, 6.45) is 6.35. The standard InChI is InChI=1S/C11H23NO2/c1-12-7-11(13)9-14-8-10-5-3-2-4-6-10/h10-13H,2-9H2,1H3. The minimum atomic E-state index is -0.358. The summed E-state index contributed by atoms with van der Waals surface area (Å²) in [7, 11) is 1.84. The van der Waals surface area contributed by atoms with Gasteiger partial charge in [-0.05, 0) is 25.8 Å². The minimum absolute atomic E-state index is 0.358. The van der Waals surface area contributed by atoms with Gasteiger partial charge in [-0.1, -0.05) is 19.3 Å². The molecule has 0 heterocycles. The summed E-state index contributed by atoms with van der Waals surface area (Å²) in [4.78, 5) is 0. The van der Waals surface area contributed by atoms with Crippen molar-refractivity contribution in [1.29, 1.82) is 0 Å². The highest BCUT2D eigenvalue weighted by Crippen LogP contribution is 2.23.